The third kappa shape index (κ3) is 5.47. The Labute approximate surface area is 134 Å². The van der Waals surface area contributed by atoms with Crippen LogP contribution in [0.2, 0.25) is 10.0 Å². The molecule has 1 heterocycles. The summed E-state index contributed by atoms with van der Waals surface area (Å²) in [5, 5.41) is 13.7. The van der Waals surface area contributed by atoms with Crippen LogP contribution in [-0.4, -0.2) is 30.3 Å². The number of carbonyl (C=O) groups is 1. The van der Waals surface area contributed by atoms with E-state index in [4.69, 9.17) is 27.9 Å². The van der Waals surface area contributed by atoms with E-state index in [1.54, 1.807) is 18.2 Å². The van der Waals surface area contributed by atoms with Gasteiger partial charge in [0.15, 0.2) is 0 Å². The number of aliphatic hydroxyl groups is 1. The first kappa shape index (κ1) is 16.6. The Bertz CT molecular complexity index is 470. The number of nitrogens with one attached hydrogen (secondary N) is 1. The van der Waals surface area contributed by atoms with E-state index in [9.17, 15) is 9.90 Å². The van der Waals surface area contributed by atoms with Gasteiger partial charge < -0.3 is 15.2 Å². The lowest BCUT2D eigenvalue weighted by atomic mass is 10.1. The Morgan fingerprint density at radius 2 is 2.10 bits per heavy atom. The highest BCUT2D eigenvalue weighted by molar-refractivity contribution is 6.34. The first-order chi connectivity index (χ1) is 10.0. The van der Waals surface area contributed by atoms with E-state index in [1.165, 1.54) is 0 Å². The van der Waals surface area contributed by atoms with Gasteiger partial charge in [-0.2, -0.15) is 0 Å². The van der Waals surface area contributed by atoms with Crippen molar-refractivity contribution < 1.29 is 14.6 Å². The summed E-state index contributed by atoms with van der Waals surface area (Å²) in [5.41, 5.74) is 0.543. The molecular formula is C15H19Cl2NO3. The Hall–Kier alpha value is -0.810. The van der Waals surface area contributed by atoms with Crippen LogP contribution in [0.25, 0.3) is 0 Å². The largest absolute Gasteiger partial charge is 0.388 e. The van der Waals surface area contributed by atoms with Gasteiger partial charge in [0.2, 0.25) is 5.91 Å². The average molecular weight is 332 g/mol. The molecule has 1 aromatic carbocycles. The second-order valence-corrected chi connectivity index (χ2v) is 6.07. The second-order valence-electron chi connectivity index (χ2n) is 5.20. The lowest BCUT2D eigenvalue weighted by Crippen LogP contribution is -2.28. The molecule has 0 aliphatic carbocycles. The summed E-state index contributed by atoms with van der Waals surface area (Å²) < 4.78 is 5.48. The molecule has 1 aliphatic heterocycles. The van der Waals surface area contributed by atoms with Crippen molar-refractivity contribution in [2.45, 2.75) is 37.9 Å². The fraction of sp³-hybridized carbons (Fsp3) is 0.533. The zero-order chi connectivity index (χ0) is 15.2. The van der Waals surface area contributed by atoms with Crippen molar-refractivity contribution in [1.82, 2.24) is 5.32 Å². The van der Waals surface area contributed by atoms with E-state index < -0.39 is 6.10 Å². The van der Waals surface area contributed by atoms with Gasteiger partial charge in [0, 0.05) is 23.2 Å². The van der Waals surface area contributed by atoms with Gasteiger partial charge in [0.1, 0.15) is 0 Å². The summed E-state index contributed by atoms with van der Waals surface area (Å²) in [6, 6.07) is 4.80. The minimum Gasteiger partial charge on any atom is -0.388 e. The number of halogens is 2. The molecule has 0 spiro atoms. The molecule has 6 heteroatoms. The molecule has 1 saturated heterocycles. The number of ether oxygens (including phenoxy) is 1. The van der Waals surface area contributed by atoms with Gasteiger partial charge in [-0.05, 0) is 43.0 Å². The van der Waals surface area contributed by atoms with Crippen LogP contribution in [0.1, 0.15) is 37.4 Å². The fourth-order valence-corrected chi connectivity index (χ4v) is 2.92. The topological polar surface area (TPSA) is 58.6 Å². The summed E-state index contributed by atoms with van der Waals surface area (Å²) in [6.45, 7) is 1.37. The molecular weight excluding hydrogens is 313 g/mol. The molecule has 116 valence electrons. The van der Waals surface area contributed by atoms with Crippen molar-refractivity contribution in [3.05, 3.63) is 33.8 Å². The predicted molar refractivity (Wildman–Crippen MR) is 82.6 cm³/mol. The van der Waals surface area contributed by atoms with Crippen LogP contribution in [0, 0.1) is 0 Å². The van der Waals surface area contributed by atoms with E-state index in [0.29, 0.717) is 22.2 Å². The van der Waals surface area contributed by atoms with Crippen molar-refractivity contribution >= 4 is 29.1 Å². The van der Waals surface area contributed by atoms with E-state index >= 15 is 0 Å². The van der Waals surface area contributed by atoms with Crippen molar-refractivity contribution in [3.8, 4) is 0 Å². The molecule has 1 aliphatic rings. The first-order valence-corrected chi connectivity index (χ1v) is 7.82. The molecule has 0 bridgehead atoms. The van der Waals surface area contributed by atoms with Crippen LogP contribution in [0.15, 0.2) is 18.2 Å². The Morgan fingerprint density at radius 3 is 2.71 bits per heavy atom. The van der Waals surface area contributed by atoms with Crippen LogP contribution < -0.4 is 5.32 Å². The number of hydrogen-bond donors (Lipinski definition) is 2. The van der Waals surface area contributed by atoms with E-state index in [0.717, 1.165) is 25.9 Å². The maximum atomic E-state index is 11.8. The third-order valence-corrected chi connectivity index (χ3v) is 3.90. The number of aliphatic hydroxyl groups excluding tert-OH is 1. The standard InChI is InChI=1S/C15H19Cl2NO3/c16-11-6-10(7-12(17)8-11)14(19)9-15(20)18-4-3-13-2-1-5-21-13/h6-8,13-14,19H,1-5,9H2,(H,18,20)/t13-,14-/m0/s1. The highest BCUT2D eigenvalue weighted by Crippen LogP contribution is 2.25. The molecule has 1 amide bonds. The van der Waals surface area contributed by atoms with Crippen LogP contribution in [0.5, 0.6) is 0 Å². The summed E-state index contributed by atoms with van der Waals surface area (Å²) >= 11 is 11.8. The Kier molecular flexibility index (Phi) is 6.30. The van der Waals surface area contributed by atoms with Crippen molar-refractivity contribution in [2.24, 2.45) is 0 Å². The number of benzene rings is 1. The minimum absolute atomic E-state index is 0.0117. The van der Waals surface area contributed by atoms with Crippen molar-refractivity contribution in [1.29, 1.82) is 0 Å². The van der Waals surface area contributed by atoms with Crippen LogP contribution in [-0.2, 0) is 9.53 Å². The highest BCUT2D eigenvalue weighted by atomic mass is 35.5. The van der Waals surface area contributed by atoms with Gasteiger partial charge in [-0.3, -0.25) is 4.79 Å². The van der Waals surface area contributed by atoms with Gasteiger partial charge >= 0.3 is 0 Å². The fourth-order valence-electron chi connectivity index (χ4n) is 2.38. The minimum atomic E-state index is -0.913. The van der Waals surface area contributed by atoms with E-state index in [1.807, 2.05) is 0 Å². The average Bonchev–Trinajstić information content (AvgIpc) is 2.90. The smallest absolute Gasteiger partial charge is 0.222 e. The number of rotatable bonds is 6. The third-order valence-electron chi connectivity index (χ3n) is 3.46. The number of hydrogen-bond acceptors (Lipinski definition) is 3. The monoisotopic (exact) mass is 331 g/mol. The molecule has 2 N–H and O–H groups in total. The number of amides is 1. The lowest BCUT2D eigenvalue weighted by Gasteiger charge is -2.13. The molecule has 1 fully saturated rings. The maximum absolute atomic E-state index is 11.8. The van der Waals surface area contributed by atoms with Gasteiger partial charge in [0.05, 0.1) is 18.6 Å². The molecule has 0 aromatic heterocycles. The molecule has 0 unspecified atom stereocenters. The van der Waals surface area contributed by atoms with Crippen molar-refractivity contribution in [3.63, 3.8) is 0 Å². The molecule has 0 radical (unpaired) electrons. The maximum Gasteiger partial charge on any atom is 0.222 e. The summed E-state index contributed by atoms with van der Waals surface area (Å²) in [5.74, 6) is -0.198. The summed E-state index contributed by atoms with van der Waals surface area (Å²) in [4.78, 5) is 11.8. The van der Waals surface area contributed by atoms with Crippen LogP contribution >= 0.6 is 23.2 Å². The quantitative estimate of drug-likeness (QED) is 0.842. The SMILES string of the molecule is O=C(C[C@H](O)c1cc(Cl)cc(Cl)c1)NCC[C@@H]1CCCO1. The van der Waals surface area contributed by atoms with E-state index in [-0.39, 0.29) is 18.4 Å². The summed E-state index contributed by atoms with van der Waals surface area (Å²) in [6.07, 6.45) is 2.28. The molecule has 4 nitrogen and oxygen atoms in total. The van der Waals surface area contributed by atoms with Crippen LogP contribution in [0.3, 0.4) is 0 Å². The Morgan fingerprint density at radius 1 is 1.38 bits per heavy atom. The second kappa shape index (κ2) is 7.99. The lowest BCUT2D eigenvalue weighted by molar-refractivity contribution is -0.123. The molecule has 0 saturated carbocycles. The Balaban J connectivity index is 1.75. The number of carbonyl (C=O) groups excluding carboxylic acids is 1. The van der Waals surface area contributed by atoms with Gasteiger partial charge in [-0.1, -0.05) is 23.2 Å². The molecule has 21 heavy (non-hydrogen) atoms. The van der Waals surface area contributed by atoms with Crippen LogP contribution in [0.4, 0.5) is 0 Å². The van der Waals surface area contributed by atoms with Gasteiger partial charge in [-0.25, -0.2) is 0 Å². The zero-order valence-electron chi connectivity index (χ0n) is 11.6. The van der Waals surface area contributed by atoms with Crippen molar-refractivity contribution in [2.75, 3.05) is 13.2 Å². The molecule has 2 atom stereocenters. The van der Waals surface area contributed by atoms with E-state index in [2.05, 4.69) is 5.32 Å². The van der Waals surface area contributed by atoms with Gasteiger partial charge in [0.25, 0.3) is 0 Å². The highest BCUT2D eigenvalue weighted by Gasteiger charge is 2.17. The van der Waals surface area contributed by atoms with Gasteiger partial charge in [-0.15, -0.1) is 0 Å². The normalized spacial score (nSPS) is 19.5. The first-order valence-electron chi connectivity index (χ1n) is 7.07. The summed E-state index contributed by atoms with van der Waals surface area (Å²) in [7, 11) is 0. The zero-order valence-corrected chi connectivity index (χ0v) is 13.2. The molecule has 2 rings (SSSR count). The predicted octanol–water partition coefficient (Wildman–Crippen LogP) is 3.10. The molecule has 1 aromatic rings.